The Morgan fingerprint density at radius 2 is 1.93 bits per heavy atom. The molecule has 0 spiro atoms. The van der Waals surface area contributed by atoms with Gasteiger partial charge in [-0.2, -0.15) is 0 Å². The van der Waals surface area contributed by atoms with Crippen LogP contribution in [0.1, 0.15) is 21.6 Å². The van der Waals surface area contributed by atoms with E-state index in [9.17, 15) is 15.0 Å². The quantitative estimate of drug-likeness (QED) is 0.496. The zero-order valence-electron chi connectivity index (χ0n) is 16.1. The third-order valence-electron chi connectivity index (χ3n) is 4.78. The number of carboxylic acids is 1. The van der Waals surface area contributed by atoms with Gasteiger partial charge in [-0.25, -0.2) is 4.79 Å². The first kappa shape index (κ1) is 20.8. The smallest absolute Gasteiger partial charge is 0.338 e. The molecule has 2 aromatic carbocycles. The van der Waals surface area contributed by atoms with Gasteiger partial charge in [-0.05, 0) is 54.6 Å². The molecule has 7 heteroatoms. The Morgan fingerprint density at radius 3 is 2.54 bits per heavy atom. The molecule has 0 radical (unpaired) electrons. The molecule has 28 heavy (non-hydrogen) atoms. The molecule has 3 aromatic rings. The van der Waals surface area contributed by atoms with Gasteiger partial charge >= 0.3 is 5.97 Å². The minimum absolute atomic E-state index is 0.115. The average Bonchev–Trinajstić information content (AvgIpc) is 2.93. The van der Waals surface area contributed by atoms with E-state index in [-0.39, 0.29) is 11.3 Å². The van der Waals surface area contributed by atoms with Crippen molar-refractivity contribution in [2.75, 3.05) is 20.6 Å². The lowest BCUT2D eigenvalue weighted by Crippen LogP contribution is -2.15. The summed E-state index contributed by atoms with van der Waals surface area (Å²) in [6.07, 6.45) is 0.560. The van der Waals surface area contributed by atoms with E-state index in [0.717, 1.165) is 16.1 Å². The van der Waals surface area contributed by atoms with Crippen LogP contribution >= 0.6 is 27.7 Å². The molecule has 3 rings (SSSR count). The number of nitrogens with zero attached hydrogens (tertiary/aromatic N) is 2. The van der Waals surface area contributed by atoms with Gasteiger partial charge in [-0.15, -0.1) is 11.8 Å². The summed E-state index contributed by atoms with van der Waals surface area (Å²) in [6, 6.07) is 11.7. The van der Waals surface area contributed by atoms with Crippen molar-refractivity contribution in [3.8, 4) is 5.75 Å². The highest BCUT2D eigenvalue weighted by molar-refractivity contribution is 9.10. The number of halogens is 1. The van der Waals surface area contributed by atoms with Crippen LogP contribution in [0, 0.1) is 0 Å². The number of benzene rings is 2. The van der Waals surface area contributed by atoms with Crippen LogP contribution in [-0.2, 0) is 19.2 Å². The number of carbonyl (C=O) groups is 1. The summed E-state index contributed by atoms with van der Waals surface area (Å²) in [5, 5.41) is 21.3. The first-order valence-electron chi connectivity index (χ1n) is 8.88. The minimum atomic E-state index is -0.970. The fourth-order valence-electron chi connectivity index (χ4n) is 3.33. The van der Waals surface area contributed by atoms with Gasteiger partial charge in [0, 0.05) is 40.9 Å². The molecule has 0 bridgehead atoms. The largest absolute Gasteiger partial charge is 0.506 e. The number of phenols is 1. The van der Waals surface area contributed by atoms with Crippen LogP contribution in [0.3, 0.4) is 0 Å². The predicted molar refractivity (Wildman–Crippen MR) is 118 cm³/mol. The van der Waals surface area contributed by atoms with Crippen molar-refractivity contribution in [3.05, 3.63) is 57.7 Å². The highest BCUT2D eigenvalue weighted by atomic mass is 79.9. The topological polar surface area (TPSA) is 65.7 Å². The highest BCUT2D eigenvalue weighted by Gasteiger charge is 2.26. The number of rotatable bonds is 7. The summed E-state index contributed by atoms with van der Waals surface area (Å²) in [5.74, 6) is -0.325. The molecular formula is C21H23BrN2O3S. The normalized spacial score (nSPS) is 11.5. The number of aromatic carboxylic acids is 1. The number of carboxylic acid groups (broad SMARTS) is 1. The lowest BCUT2D eigenvalue weighted by atomic mass is 10.0. The van der Waals surface area contributed by atoms with E-state index in [1.54, 1.807) is 17.8 Å². The van der Waals surface area contributed by atoms with Gasteiger partial charge in [0.25, 0.3) is 0 Å². The summed E-state index contributed by atoms with van der Waals surface area (Å²) in [5.41, 5.74) is 2.49. The van der Waals surface area contributed by atoms with E-state index >= 15 is 0 Å². The SMILES string of the molecule is CN(C)CCc1c(O)c(Br)cc2c1c(C(=O)O)c(CSc1ccccc1)n2C. The molecule has 0 amide bonds. The molecule has 0 saturated carbocycles. The third-order valence-corrected chi connectivity index (χ3v) is 6.41. The molecule has 0 aliphatic rings. The van der Waals surface area contributed by atoms with Gasteiger partial charge in [0.2, 0.25) is 0 Å². The number of likely N-dealkylation sites (N-methyl/N-ethyl adjacent to an activating group) is 1. The molecule has 1 aromatic heterocycles. The van der Waals surface area contributed by atoms with Crippen LogP contribution in [0.15, 0.2) is 45.8 Å². The fraction of sp³-hybridized carbons (Fsp3) is 0.286. The molecule has 0 unspecified atom stereocenters. The van der Waals surface area contributed by atoms with Gasteiger partial charge in [-0.3, -0.25) is 0 Å². The number of aryl methyl sites for hydroxylation is 1. The summed E-state index contributed by atoms with van der Waals surface area (Å²) >= 11 is 5.03. The minimum Gasteiger partial charge on any atom is -0.506 e. The Morgan fingerprint density at radius 1 is 1.25 bits per heavy atom. The predicted octanol–water partition coefficient (Wildman–Crippen LogP) is 4.74. The number of thioether (sulfide) groups is 1. The fourth-order valence-corrected chi connectivity index (χ4v) is 4.77. The number of hydrogen-bond acceptors (Lipinski definition) is 4. The molecule has 0 atom stereocenters. The summed E-state index contributed by atoms with van der Waals surface area (Å²) in [6.45, 7) is 0.709. The number of fused-ring (bicyclic) bond motifs is 1. The van der Waals surface area contributed by atoms with Crippen LogP contribution in [0.25, 0.3) is 10.9 Å². The van der Waals surface area contributed by atoms with Crippen LogP contribution in [-0.4, -0.2) is 46.3 Å². The van der Waals surface area contributed by atoms with Crippen molar-refractivity contribution < 1.29 is 15.0 Å². The number of hydrogen-bond donors (Lipinski definition) is 2. The Hall–Kier alpha value is -1.96. The Bertz CT molecular complexity index is 1020. The number of aromatic hydroxyl groups is 1. The van der Waals surface area contributed by atoms with E-state index < -0.39 is 5.97 Å². The Kier molecular flexibility index (Phi) is 6.37. The van der Waals surface area contributed by atoms with Gasteiger partial charge < -0.3 is 19.7 Å². The number of phenolic OH excluding ortho intramolecular Hbond substituents is 1. The maximum Gasteiger partial charge on any atom is 0.338 e. The average molecular weight is 463 g/mol. The third kappa shape index (κ3) is 4.06. The van der Waals surface area contributed by atoms with Gasteiger partial charge in [0.05, 0.1) is 15.6 Å². The second-order valence-electron chi connectivity index (χ2n) is 6.92. The maximum atomic E-state index is 12.2. The van der Waals surface area contributed by atoms with Crippen LogP contribution < -0.4 is 0 Å². The molecule has 0 aliphatic heterocycles. The van der Waals surface area contributed by atoms with Crippen molar-refractivity contribution in [1.29, 1.82) is 0 Å². The van der Waals surface area contributed by atoms with E-state index in [1.807, 2.05) is 60.9 Å². The highest BCUT2D eigenvalue weighted by Crippen LogP contribution is 2.40. The lowest BCUT2D eigenvalue weighted by molar-refractivity contribution is 0.0698. The van der Waals surface area contributed by atoms with Gasteiger partial charge in [0.1, 0.15) is 5.75 Å². The van der Waals surface area contributed by atoms with Crippen molar-refractivity contribution in [2.24, 2.45) is 7.05 Å². The molecule has 2 N–H and O–H groups in total. The van der Waals surface area contributed by atoms with Crippen LogP contribution in [0.5, 0.6) is 5.75 Å². The maximum absolute atomic E-state index is 12.2. The van der Waals surface area contributed by atoms with Crippen molar-refractivity contribution in [2.45, 2.75) is 17.1 Å². The molecule has 0 saturated heterocycles. The Labute approximate surface area is 177 Å². The second-order valence-corrected chi connectivity index (χ2v) is 8.82. The van der Waals surface area contributed by atoms with Gasteiger partial charge in [-0.1, -0.05) is 18.2 Å². The van der Waals surface area contributed by atoms with Crippen LogP contribution in [0.2, 0.25) is 0 Å². The summed E-state index contributed by atoms with van der Waals surface area (Å²) < 4.78 is 2.51. The first-order chi connectivity index (χ1) is 13.3. The monoisotopic (exact) mass is 462 g/mol. The summed E-state index contributed by atoms with van der Waals surface area (Å²) in [7, 11) is 5.80. The van der Waals surface area contributed by atoms with Gasteiger partial charge in [0.15, 0.2) is 0 Å². The standard InChI is InChI=1S/C21H23BrN2O3S/c1-23(2)10-9-14-18-16(11-15(22)20(14)25)24(3)17(19(18)21(26)27)12-28-13-7-5-4-6-8-13/h4-8,11,25H,9-10,12H2,1-3H3,(H,26,27). The van der Waals surface area contributed by atoms with Crippen molar-refractivity contribution in [3.63, 3.8) is 0 Å². The van der Waals surface area contributed by atoms with E-state index in [0.29, 0.717) is 34.1 Å². The van der Waals surface area contributed by atoms with E-state index in [4.69, 9.17) is 0 Å². The molecule has 0 aliphatic carbocycles. The molecular weight excluding hydrogens is 440 g/mol. The van der Waals surface area contributed by atoms with E-state index in [2.05, 4.69) is 15.9 Å². The zero-order valence-corrected chi connectivity index (χ0v) is 18.5. The molecule has 5 nitrogen and oxygen atoms in total. The first-order valence-corrected chi connectivity index (χ1v) is 10.7. The molecule has 0 fully saturated rings. The lowest BCUT2D eigenvalue weighted by Gasteiger charge is -2.13. The molecule has 148 valence electrons. The molecule has 1 heterocycles. The Balaban J connectivity index is 2.16. The second kappa shape index (κ2) is 8.59. The number of aromatic nitrogens is 1. The van der Waals surface area contributed by atoms with E-state index in [1.165, 1.54) is 0 Å². The summed E-state index contributed by atoms with van der Waals surface area (Å²) in [4.78, 5) is 15.3. The van der Waals surface area contributed by atoms with Crippen molar-refractivity contribution in [1.82, 2.24) is 9.47 Å². The zero-order chi connectivity index (χ0) is 20.4. The van der Waals surface area contributed by atoms with Crippen molar-refractivity contribution >= 4 is 44.6 Å². The van der Waals surface area contributed by atoms with Crippen LogP contribution in [0.4, 0.5) is 0 Å².